The van der Waals surface area contributed by atoms with E-state index in [4.69, 9.17) is 10.5 Å². The normalized spacial score (nSPS) is 10.2. The lowest BCUT2D eigenvalue weighted by Gasteiger charge is -2.07. The second-order valence-corrected chi connectivity index (χ2v) is 4.84. The minimum absolute atomic E-state index is 0.323. The van der Waals surface area contributed by atoms with Crippen molar-refractivity contribution < 1.29 is 9.53 Å². The van der Waals surface area contributed by atoms with Gasteiger partial charge in [0.15, 0.2) is 0 Å². The Morgan fingerprint density at radius 2 is 2.00 bits per heavy atom. The van der Waals surface area contributed by atoms with Gasteiger partial charge >= 0.3 is 5.97 Å². The van der Waals surface area contributed by atoms with Crippen LogP contribution in [0, 0.1) is 0 Å². The molecule has 98 valence electrons. The minimum Gasteiger partial charge on any atom is -0.462 e. The summed E-state index contributed by atoms with van der Waals surface area (Å²) in [6, 6.07) is 8.83. The number of rotatable bonds is 4. The Morgan fingerprint density at radius 3 is 2.74 bits per heavy atom. The summed E-state index contributed by atoms with van der Waals surface area (Å²) in [5.74, 6) is -0.381. The van der Waals surface area contributed by atoms with Gasteiger partial charge in [-0.25, -0.2) is 4.79 Å². The number of hydrogen-bond donors (Lipinski definition) is 1. The smallest absolute Gasteiger partial charge is 0.339 e. The Hall–Kier alpha value is -1.88. The maximum atomic E-state index is 11.9. The van der Waals surface area contributed by atoms with Crippen LogP contribution in [-0.4, -0.2) is 17.6 Å². The van der Waals surface area contributed by atoms with Gasteiger partial charge in [-0.15, -0.1) is 0 Å². The number of esters is 1. The molecule has 0 aliphatic rings. The van der Waals surface area contributed by atoms with E-state index in [9.17, 15) is 4.79 Å². The van der Waals surface area contributed by atoms with Crippen LogP contribution in [-0.2, 0) is 11.2 Å². The molecule has 2 N–H and O–H groups in total. The van der Waals surface area contributed by atoms with Gasteiger partial charge in [0.1, 0.15) is 0 Å². The highest BCUT2D eigenvalue weighted by Gasteiger charge is 2.11. The molecule has 0 bridgehead atoms. The van der Waals surface area contributed by atoms with E-state index in [2.05, 4.69) is 20.9 Å². The van der Waals surface area contributed by atoms with Crippen molar-refractivity contribution in [1.82, 2.24) is 4.98 Å². The molecule has 0 saturated heterocycles. The van der Waals surface area contributed by atoms with Gasteiger partial charge in [-0.2, -0.15) is 0 Å². The molecule has 0 unspecified atom stereocenters. The van der Waals surface area contributed by atoms with Crippen LogP contribution in [0.1, 0.15) is 15.9 Å². The van der Waals surface area contributed by atoms with Gasteiger partial charge in [-0.3, -0.25) is 4.98 Å². The van der Waals surface area contributed by atoms with Crippen molar-refractivity contribution >= 4 is 27.6 Å². The quantitative estimate of drug-likeness (QED) is 0.695. The fourth-order valence-corrected chi connectivity index (χ4v) is 2.00. The van der Waals surface area contributed by atoms with E-state index >= 15 is 0 Å². The number of ether oxygens (including phenoxy) is 1. The fraction of sp³-hybridized carbons (Fsp3) is 0.143. The highest BCUT2D eigenvalue weighted by atomic mass is 79.9. The number of halogens is 1. The van der Waals surface area contributed by atoms with Gasteiger partial charge in [0.2, 0.25) is 0 Å². The molecule has 0 amide bonds. The molecule has 1 aromatic carbocycles. The zero-order valence-electron chi connectivity index (χ0n) is 10.2. The van der Waals surface area contributed by atoms with E-state index in [0.29, 0.717) is 28.8 Å². The molecule has 2 rings (SSSR count). The number of aromatic nitrogens is 1. The first-order valence-corrected chi connectivity index (χ1v) is 6.57. The van der Waals surface area contributed by atoms with Crippen molar-refractivity contribution in [2.45, 2.75) is 6.42 Å². The number of benzene rings is 1. The van der Waals surface area contributed by atoms with Crippen LogP contribution in [0.4, 0.5) is 5.69 Å². The summed E-state index contributed by atoms with van der Waals surface area (Å²) in [5, 5.41) is 0. The molecule has 0 aliphatic heterocycles. The molecule has 0 atom stereocenters. The Kier molecular flexibility index (Phi) is 4.52. The van der Waals surface area contributed by atoms with E-state index in [0.717, 1.165) is 5.56 Å². The lowest BCUT2D eigenvalue weighted by Crippen LogP contribution is -2.09. The predicted octanol–water partition coefficient (Wildman–Crippen LogP) is 2.83. The van der Waals surface area contributed by atoms with Crippen LogP contribution < -0.4 is 5.73 Å². The topological polar surface area (TPSA) is 65.2 Å². The molecule has 0 radical (unpaired) electrons. The Balaban J connectivity index is 1.93. The van der Waals surface area contributed by atoms with Crippen LogP contribution in [0.2, 0.25) is 0 Å². The first-order valence-electron chi connectivity index (χ1n) is 5.78. The van der Waals surface area contributed by atoms with Crippen LogP contribution in [0.5, 0.6) is 0 Å². The SMILES string of the molecule is Nc1ccc(Br)c(C(=O)OCCc2ccncc2)c1. The maximum Gasteiger partial charge on any atom is 0.339 e. The summed E-state index contributed by atoms with van der Waals surface area (Å²) >= 11 is 3.30. The standard InChI is InChI=1S/C14H13BrN2O2/c15-13-2-1-11(16)9-12(13)14(18)19-8-5-10-3-6-17-7-4-10/h1-4,6-7,9H,5,8,16H2. The average Bonchev–Trinajstić information content (AvgIpc) is 2.42. The highest BCUT2D eigenvalue weighted by molar-refractivity contribution is 9.10. The van der Waals surface area contributed by atoms with Gasteiger partial charge in [0.25, 0.3) is 0 Å². The predicted molar refractivity (Wildman–Crippen MR) is 76.8 cm³/mol. The zero-order chi connectivity index (χ0) is 13.7. The van der Waals surface area contributed by atoms with Crippen molar-refractivity contribution in [3.8, 4) is 0 Å². The number of nitrogens with zero attached hydrogens (tertiary/aromatic N) is 1. The third-order valence-corrected chi connectivity index (χ3v) is 3.28. The average molecular weight is 321 g/mol. The van der Waals surface area contributed by atoms with Crippen molar-refractivity contribution in [2.24, 2.45) is 0 Å². The van der Waals surface area contributed by atoms with Gasteiger partial charge in [0.05, 0.1) is 12.2 Å². The third-order valence-electron chi connectivity index (χ3n) is 2.58. The first kappa shape index (κ1) is 13.5. The molecular weight excluding hydrogens is 308 g/mol. The van der Waals surface area contributed by atoms with E-state index in [1.807, 2.05) is 12.1 Å². The van der Waals surface area contributed by atoms with Crippen LogP contribution in [0.3, 0.4) is 0 Å². The summed E-state index contributed by atoms with van der Waals surface area (Å²) in [6.07, 6.45) is 4.09. The van der Waals surface area contributed by atoms with Crippen molar-refractivity contribution in [3.05, 3.63) is 58.3 Å². The largest absolute Gasteiger partial charge is 0.462 e. The second kappa shape index (κ2) is 6.33. The number of nitrogen functional groups attached to an aromatic ring is 1. The monoisotopic (exact) mass is 320 g/mol. The van der Waals surface area contributed by atoms with Crippen LogP contribution in [0.15, 0.2) is 47.2 Å². The molecule has 0 fully saturated rings. The summed E-state index contributed by atoms with van der Waals surface area (Å²) in [5.41, 5.74) is 7.70. The summed E-state index contributed by atoms with van der Waals surface area (Å²) in [4.78, 5) is 15.8. The van der Waals surface area contributed by atoms with Gasteiger partial charge in [-0.05, 0) is 51.8 Å². The van der Waals surface area contributed by atoms with Crippen molar-refractivity contribution in [3.63, 3.8) is 0 Å². The number of carbonyl (C=O) groups is 1. The van der Waals surface area contributed by atoms with Crippen molar-refractivity contribution in [1.29, 1.82) is 0 Å². The fourth-order valence-electron chi connectivity index (χ4n) is 1.59. The lowest BCUT2D eigenvalue weighted by molar-refractivity contribution is 0.0508. The Morgan fingerprint density at radius 1 is 1.26 bits per heavy atom. The molecule has 19 heavy (non-hydrogen) atoms. The number of carbonyl (C=O) groups excluding carboxylic acids is 1. The molecule has 1 heterocycles. The molecule has 0 spiro atoms. The van der Waals surface area contributed by atoms with E-state index in [1.54, 1.807) is 30.6 Å². The minimum atomic E-state index is -0.381. The van der Waals surface area contributed by atoms with Gasteiger partial charge in [0, 0.05) is 29.0 Å². The van der Waals surface area contributed by atoms with Gasteiger partial charge in [-0.1, -0.05) is 0 Å². The maximum absolute atomic E-state index is 11.9. The Bertz CT molecular complexity index is 573. The number of nitrogens with two attached hydrogens (primary N) is 1. The molecule has 2 aromatic rings. The molecule has 1 aromatic heterocycles. The van der Waals surface area contributed by atoms with E-state index in [1.165, 1.54) is 0 Å². The summed E-state index contributed by atoms with van der Waals surface area (Å²) < 4.78 is 5.90. The van der Waals surface area contributed by atoms with Crippen molar-refractivity contribution in [2.75, 3.05) is 12.3 Å². The van der Waals surface area contributed by atoms with Crippen LogP contribution >= 0.6 is 15.9 Å². The third kappa shape index (κ3) is 3.79. The second-order valence-electron chi connectivity index (χ2n) is 3.98. The number of pyridine rings is 1. The Labute approximate surface area is 119 Å². The highest BCUT2D eigenvalue weighted by Crippen LogP contribution is 2.20. The molecule has 4 nitrogen and oxygen atoms in total. The lowest BCUT2D eigenvalue weighted by atomic mass is 10.2. The number of hydrogen-bond acceptors (Lipinski definition) is 4. The molecule has 0 aliphatic carbocycles. The molecule has 5 heteroatoms. The van der Waals surface area contributed by atoms with Gasteiger partial charge < -0.3 is 10.5 Å². The first-order chi connectivity index (χ1) is 9.16. The number of anilines is 1. The summed E-state index contributed by atoms with van der Waals surface area (Å²) in [6.45, 7) is 0.323. The van der Waals surface area contributed by atoms with E-state index in [-0.39, 0.29) is 5.97 Å². The zero-order valence-corrected chi connectivity index (χ0v) is 11.8. The summed E-state index contributed by atoms with van der Waals surface area (Å²) in [7, 11) is 0. The van der Waals surface area contributed by atoms with Crippen LogP contribution in [0.25, 0.3) is 0 Å². The molecular formula is C14H13BrN2O2. The molecule has 0 saturated carbocycles. The van der Waals surface area contributed by atoms with E-state index < -0.39 is 0 Å².